The van der Waals surface area contributed by atoms with Gasteiger partial charge in [-0.3, -0.25) is 19.5 Å². The summed E-state index contributed by atoms with van der Waals surface area (Å²) in [5, 5.41) is 3.07. The molecule has 0 aromatic carbocycles. The van der Waals surface area contributed by atoms with Crippen LogP contribution >= 0.6 is 0 Å². The molecule has 2 saturated heterocycles. The number of amides is 4. The molecule has 0 saturated carbocycles. The van der Waals surface area contributed by atoms with Gasteiger partial charge in [-0.05, 0) is 56.6 Å². The molecule has 2 fully saturated rings. The van der Waals surface area contributed by atoms with Gasteiger partial charge in [0.2, 0.25) is 5.76 Å². The minimum atomic E-state index is -0.951. The summed E-state index contributed by atoms with van der Waals surface area (Å²) in [6.45, 7) is 7.11. The van der Waals surface area contributed by atoms with Crippen molar-refractivity contribution in [3.05, 3.63) is 47.9 Å². The number of nitrogens with one attached hydrogen (secondary N) is 1. The molecule has 4 rings (SSSR count). The number of aryl methyl sites for hydroxylation is 1. The molecular formula is C24H31N5O4. The Balaban J connectivity index is 1.51. The van der Waals surface area contributed by atoms with E-state index in [2.05, 4.69) is 29.1 Å². The van der Waals surface area contributed by atoms with Crippen molar-refractivity contribution in [2.75, 3.05) is 13.1 Å². The fourth-order valence-electron chi connectivity index (χ4n) is 4.83. The second-order valence-corrected chi connectivity index (χ2v) is 9.38. The molecule has 2 aromatic heterocycles. The van der Waals surface area contributed by atoms with Crippen LogP contribution < -0.4 is 5.32 Å². The molecule has 1 N–H and O–H groups in total. The number of rotatable bonds is 7. The average Bonchev–Trinajstić information content (AvgIpc) is 3.35. The molecule has 4 heterocycles. The summed E-state index contributed by atoms with van der Waals surface area (Å²) in [5.74, 6) is 0.233. The number of aromatic nitrogens is 2. The van der Waals surface area contributed by atoms with Gasteiger partial charge in [0.1, 0.15) is 5.54 Å². The minimum Gasteiger partial charge on any atom is -0.438 e. The average molecular weight is 454 g/mol. The summed E-state index contributed by atoms with van der Waals surface area (Å²) < 4.78 is 5.27. The Kier molecular flexibility index (Phi) is 6.49. The van der Waals surface area contributed by atoms with E-state index in [-0.39, 0.29) is 36.1 Å². The number of oxazole rings is 1. The maximum Gasteiger partial charge on any atom is 0.325 e. The van der Waals surface area contributed by atoms with Crippen molar-refractivity contribution in [3.63, 3.8) is 0 Å². The topological polar surface area (TPSA) is 109 Å². The molecule has 2 aliphatic heterocycles. The van der Waals surface area contributed by atoms with Crippen molar-refractivity contribution < 1.29 is 18.8 Å². The fraction of sp³-hybridized carbons (Fsp3) is 0.542. The lowest BCUT2D eigenvalue weighted by Crippen LogP contribution is -2.56. The van der Waals surface area contributed by atoms with Crippen LogP contribution in [0.2, 0.25) is 0 Å². The number of hydrogen-bond donors (Lipinski definition) is 1. The lowest BCUT2D eigenvalue weighted by Gasteiger charge is -2.41. The van der Waals surface area contributed by atoms with E-state index in [4.69, 9.17) is 4.42 Å². The normalized spacial score (nSPS) is 21.7. The highest BCUT2D eigenvalue weighted by atomic mass is 16.3. The van der Waals surface area contributed by atoms with E-state index in [1.165, 1.54) is 11.3 Å². The second-order valence-electron chi connectivity index (χ2n) is 9.38. The van der Waals surface area contributed by atoms with Crippen molar-refractivity contribution in [1.82, 2.24) is 25.1 Å². The Labute approximate surface area is 193 Å². The van der Waals surface area contributed by atoms with Crippen LogP contribution in [0.5, 0.6) is 0 Å². The zero-order valence-corrected chi connectivity index (χ0v) is 19.4. The maximum absolute atomic E-state index is 13.7. The van der Waals surface area contributed by atoms with E-state index in [0.29, 0.717) is 49.7 Å². The van der Waals surface area contributed by atoms with Gasteiger partial charge in [-0.2, -0.15) is 0 Å². The van der Waals surface area contributed by atoms with Crippen LogP contribution in [0, 0.1) is 18.8 Å². The number of nitrogens with zero attached hydrogens (tertiary/aromatic N) is 4. The molecule has 4 amide bonds. The van der Waals surface area contributed by atoms with Crippen molar-refractivity contribution in [3.8, 4) is 0 Å². The molecule has 2 aromatic rings. The minimum absolute atomic E-state index is 0.0543. The lowest BCUT2D eigenvalue weighted by molar-refractivity contribution is -0.134. The van der Waals surface area contributed by atoms with Crippen molar-refractivity contribution >= 4 is 17.8 Å². The van der Waals surface area contributed by atoms with Crippen LogP contribution in [0.4, 0.5) is 4.79 Å². The third kappa shape index (κ3) is 4.49. The quantitative estimate of drug-likeness (QED) is 0.645. The molecule has 0 unspecified atom stereocenters. The number of likely N-dealkylation sites (tertiary alicyclic amines) is 1. The van der Waals surface area contributed by atoms with Crippen molar-refractivity contribution in [2.24, 2.45) is 11.8 Å². The lowest BCUT2D eigenvalue weighted by atomic mass is 9.73. The van der Waals surface area contributed by atoms with E-state index < -0.39 is 5.54 Å². The van der Waals surface area contributed by atoms with Gasteiger partial charge < -0.3 is 14.6 Å². The van der Waals surface area contributed by atoms with Gasteiger partial charge in [0, 0.05) is 19.3 Å². The van der Waals surface area contributed by atoms with Crippen LogP contribution in [-0.2, 0) is 11.3 Å². The van der Waals surface area contributed by atoms with E-state index in [9.17, 15) is 14.4 Å². The van der Waals surface area contributed by atoms with E-state index in [0.717, 1.165) is 6.42 Å². The summed E-state index contributed by atoms with van der Waals surface area (Å²) in [6.07, 6.45) is 5.58. The molecule has 1 atom stereocenters. The van der Waals surface area contributed by atoms with Crippen LogP contribution in [0.15, 0.2) is 35.2 Å². The first-order valence-corrected chi connectivity index (χ1v) is 11.5. The first-order chi connectivity index (χ1) is 15.8. The Morgan fingerprint density at radius 1 is 1.24 bits per heavy atom. The predicted octanol–water partition coefficient (Wildman–Crippen LogP) is 3.16. The largest absolute Gasteiger partial charge is 0.438 e. The second kappa shape index (κ2) is 9.33. The zero-order valence-electron chi connectivity index (χ0n) is 19.4. The molecule has 0 spiro atoms. The number of piperidine rings is 1. The first-order valence-electron chi connectivity index (χ1n) is 11.5. The number of hydrogen-bond acceptors (Lipinski definition) is 6. The predicted molar refractivity (Wildman–Crippen MR) is 120 cm³/mol. The summed E-state index contributed by atoms with van der Waals surface area (Å²) in [5.41, 5.74) is 0.287. The van der Waals surface area contributed by atoms with Gasteiger partial charge in [0.25, 0.3) is 11.8 Å². The Morgan fingerprint density at radius 3 is 2.61 bits per heavy atom. The van der Waals surface area contributed by atoms with Crippen molar-refractivity contribution in [2.45, 2.75) is 58.5 Å². The highest BCUT2D eigenvalue weighted by molar-refractivity contribution is 6.07. The first kappa shape index (κ1) is 22.9. The zero-order chi connectivity index (χ0) is 23.6. The summed E-state index contributed by atoms with van der Waals surface area (Å²) in [7, 11) is 0. The number of urea groups is 1. The van der Waals surface area contributed by atoms with E-state index >= 15 is 0 Å². The van der Waals surface area contributed by atoms with Crippen LogP contribution in [-0.4, -0.2) is 56.2 Å². The van der Waals surface area contributed by atoms with Gasteiger partial charge in [0.05, 0.1) is 17.9 Å². The fourth-order valence-corrected chi connectivity index (χ4v) is 4.83. The van der Waals surface area contributed by atoms with Gasteiger partial charge in [-0.25, -0.2) is 9.78 Å². The van der Waals surface area contributed by atoms with Gasteiger partial charge in [-0.1, -0.05) is 19.9 Å². The van der Waals surface area contributed by atoms with Crippen molar-refractivity contribution in [1.29, 1.82) is 0 Å². The molecule has 9 nitrogen and oxygen atoms in total. The SMILES string of the molecule is Cc1ncoc1C(=O)N1CCC([C@@]2(CCC(C)C)NC(=O)N(Cc3ccccn3)C2=O)CC1. The van der Waals surface area contributed by atoms with Crippen LogP contribution in [0.1, 0.15) is 61.5 Å². The third-order valence-electron chi connectivity index (χ3n) is 6.78. The molecular weight excluding hydrogens is 422 g/mol. The highest BCUT2D eigenvalue weighted by Gasteiger charge is 2.55. The number of imide groups is 1. The number of pyridine rings is 1. The van der Waals surface area contributed by atoms with Crippen LogP contribution in [0.25, 0.3) is 0 Å². The smallest absolute Gasteiger partial charge is 0.325 e. The third-order valence-corrected chi connectivity index (χ3v) is 6.78. The molecule has 0 aliphatic carbocycles. The monoisotopic (exact) mass is 453 g/mol. The molecule has 33 heavy (non-hydrogen) atoms. The molecule has 0 bridgehead atoms. The summed E-state index contributed by atoms with van der Waals surface area (Å²) in [4.78, 5) is 50.8. The number of carbonyl (C=O) groups is 3. The molecule has 0 radical (unpaired) electrons. The molecule has 176 valence electrons. The molecule has 9 heteroatoms. The summed E-state index contributed by atoms with van der Waals surface area (Å²) >= 11 is 0. The van der Waals surface area contributed by atoms with Gasteiger partial charge >= 0.3 is 6.03 Å². The highest BCUT2D eigenvalue weighted by Crippen LogP contribution is 2.38. The Morgan fingerprint density at radius 2 is 2.00 bits per heavy atom. The molecule has 2 aliphatic rings. The van der Waals surface area contributed by atoms with Crippen LogP contribution in [0.3, 0.4) is 0 Å². The van der Waals surface area contributed by atoms with E-state index in [1.54, 1.807) is 24.1 Å². The Bertz CT molecular complexity index is 1010. The van der Waals surface area contributed by atoms with Gasteiger partial charge in [0.15, 0.2) is 6.39 Å². The number of carbonyl (C=O) groups excluding carboxylic acids is 3. The standard InChI is InChI=1S/C24H31N5O4/c1-16(2)7-10-24(22(31)29(23(32)27-24)14-19-6-4-5-11-25-19)18-8-12-28(13-9-18)21(30)20-17(3)26-15-33-20/h4-6,11,15-16,18H,7-10,12-14H2,1-3H3,(H,27,32)/t24-/m1/s1. The maximum atomic E-state index is 13.7. The van der Waals surface area contributed by atoms with E-state index in [1.807, 2.05) is 12.1 Å². The Hall–Kier alpha value is -3.23. The summed E-state index contributed by atoms with van der Waals surface area (Å²) in [6, 6.07) is 5.09. The van der Waals surface area contributed by atoms with Gasteiger partial charge in [-0.15, -0.1) is 0 Å².